The minimum Gasteiger partial charge on any atom is -0.354 e. The molecule has 3 heterocycles. The first-order valence-electron chi connectivity index (χ1n) is 10.7. The van der Waals surface area contributed by atoms with E-state index in [1.165, 1.54) is 6.26 Å². The van der Waals surface area contributed by atoms with Crippen LogP contribution in [0.4, 0.5) is 0 Å². The summed E-state index contributed by atoms with van der Waals surface area (Å²) in [6.07, 6.45) is 1.27. The lowest BCUT2D eigenvalue weighted by atomic mass is 10.1. The predicted octanol–water partition coefficient (Wildman–Crippen LogP) is 3.14. The van der Waals surface area contributed by atoms with Gasteiger partial charge in [0.05, 0.1) is 17.5 Å². The Labute approximate surface area is 186 Å². The number of aromatic amines is 2. The van der Waals surface area contributed by atoms with E-state index in [1.807, 2.05) is 49.4 Å². The van der Waals surface area contributed by atoms with Crippen LogP contribution in [0.3, 0.4) is 0 Å². The van der Waals surface area contributed by atoms with E-state index in [0.717, 1.165) is 39.6 Å². The zero-order chi connectivity index (χ0) is 22.5. The Morgan fingerprint density at radius 1 is 0.969 bits per heavy atom. The SMILES string of the molecule is C[C@H]1CN(Cc2ccc3[nH]c(-c4cc5ccccc5[nH]c4=O)cc3c2)CCN1S(C)(=O)=O. The van der Waals surface area contributed by atoms with Crippen LogP contribution in [-0.2, 0) is 16.6 Å². The lowest BCUT2D eigenvalue weighted by Crippen LogP contribution is -2.53. The van der Waals surface area contributed by atoms with Crippen LogP contribution in [0.15, 0.2) is 59.4 Å². The van der Waals surface area contributed by atoms with E-state index in [1.54, 1.807) is 4.31 Å². The topological polar surface area (TPSA) is 89.3 Å². The molecule has 0 unspecified atom stereocenters. The number of hydrogen-bond donors (Lipinski definition) is 2. The zero-order valence-corrected chi connectivity index (χ0v) is 18.9. The van der Waals surface area contributed by atoms with Crippen molar-refractivity contribution in [1.82, 2.24) is 19.2 Å². The molecule has 32 heavy (non-hydrogen) atoms. The summed E-state index contributed by atoms with van der Waals surface area (Å²) in [4.78, 5) is 21.3. The molecule has 1 fully saturated rings. The highest BCUT2D eigenvalue weighted by atomic mass is 32.2. The molecule has 2 aromatic heterocycles. The van der Waals surface area contributed by atoms with Gasteiger partial charge in [-0.1, -0.05) is 24.3 Å². The van der Waals surface area contributed by atoms with Gasteiger partial charge in [0.2, 0.25) is 10.0 Å². The number of sulfonamides is 1. The third kappa shape index (κ3) is 3.97. The van der Waals surface area contributed by atoms with Crippen LogP contribution in [0.2, 0.25) is 0 Å². The molecule has 2 N–H and O–H groups in total. The van der Waals surface area contributed by atoms with Crippen molar-refractivity contribution in [3.63, 3.8) is 0 Å². The molecule has 0 saturated carbocycles. The number of nitrogens with zero attached hydrogens (tertiary/aromatic N) is 2. The minimum atomic E-state index is -3.17. The molecule has 2 aromatic carbocycles. The van der Waals surface area contributed by atoms with E-state index >= 15 is 0 Å². The van der Waals surface area contributed by atoms with E-state index < -0.39 is 10.0 Å². The summed E-state index contributed by atoms with van der Waals surface area (Å²) in [5.74, 6) is 0. The van der Waals surface area contributed by atoms with Gasteiger partial charge in [-0.05, 0) is 48.2 Å². The van der Waals surface area contributed by atoms with Crippen molar-refractivity contribution in [2.24, 2.45) is 0 Å². The van der Waals surface area contributed by atoms with Gasteiger partial charge in [0, 0.05) is 48.6 Å². The lowest BCUT2D eigenvalue weighted by Gasteiger charge is -2.38. The highest BCUT2D eigenvalue weighted by molar-refractivity contribution is 7.88. The maximum Gasteiger partial charge on any atom is 0.257 e. The Balaban J connectivity index is 1.39. The van der Waals surface area contributed by atoms with Crippen molar-refractivity contribution in [3.05, 3.63) is 70.5 Å². The van der Waals surface area contributed by atoms with Crippen LogP contribution in [-0.4, -0.2) is 59.5 Å². The molecule has 1 aliphatic heterocycles. The molecule has 0 amide bonds. The lowest BCUT2D eigenvalue weighted by molar-refractivity contribution is 0.138. The number of H-pyrrole nitrogens is 2. The van der Waals surface area contributed by atoms with Gasteiger partial charge in [0.1, 0.15) is 0 Å². The van der Waals surface area contributed by atoms with Crippen molar-refractivity contribution in [2.75, 3.05) is 25.9 Å². The Morgan fingerprint density at radius 3 is 2.53 bits per heavy atom. The Morgan fingerprint density at radius 2 is 1.75 bits per heavy atom. The molecule has 1 saturated heterocycles. The monoisotopic (exact) mass is 450 g/mol. The van der Waals surface area contributed by atoms with Gasteiger partial charge in [-0.2, -0.15) is 4.31 Å². The number of piperazine rings is 1. The van der Waals surface area contributed by atoms with Crippen LogP contribution in [0.1, 0.15) is 12.5 Å². The third-order valence-corrected chi connectivity index (χ3v) is 7.61. The second-order valence-corrected chi connectivity index (χ2v) is 10.6. The first-order valence-corrected chi connectivity index (χ1v) is 12.6. The van der Waals surface area contributed by atoms with Crippen LogP contribution < -0.4 is 5.56 Å². The summed E-state index contributed by atoms with van der Waals surface area (Å²) in [7, 11) is -3.17. The quantitative estimate of drug-likeness (QED) is 0.500. The van der Waals surface area contributed by atoms with Crippen LogP contribution in [0.5, 0.6) is 0 Å². The first-order chi connectivity index (χ1) is 15.3. The van der Waals surface area contributed by atoms with Crippen LogP contribution in [0.25, 0.3) is 33.1 Å². The Bertz CT molecular complexity index is 1470. The molecule has 0 spiro atoms. The summed E-state index contributed by atoms with van der Waals surface area (Å²) in [5, 5.41) is 2.04. The van der Waals surface area contributed by atoms with Gasteiger partial charge in [-0.15, -0.1) is 0 Å². The maximum absolute atomic E-state index is 12.6. The number of para-hydroxylation sites is 1. The van der Waals surface area contributed by atoms with E-state index in [9.17, 15) is 13.2 Å². The molecule has 0 radical (unpaired) electrons. The average Bonchev–Trinajstić information content (AvgIpc) is 3.15. The number of nitrogens with one attached hydrogen (secondary N) is 2. The van der Waals surface area contributed by atoms with Crippen molar-refractivity contribution in [1.29, 1.82) is 0 Å². The summed E-state index contributed by atoms with van der Waals surface area (Å²) in [5.41, 5.74) is 4.26. The van der Waals surface area contributed by atoms with Gasteiger partial charge in [-0.25, -0.2) is 8.42 Å². The van der Waals surface area contributed by atoms with Gasteiger partial charge >= 0.3 is 0 Å². The van der Waals surface area contributed by atoms with Crippen molar-refractivity contribution in [3.8, 4) is 11.3 Å². The minimum absolute atomic E-state index is 0.0408. The molecule has 1 atom stereocenters. The van der Waals surface area contributed by atoms with E-state index in [2.05, 4.69) is 27.0 Å². The molecule has 5 rings (SSSR count). The predicted molar refractivity (Wildman–Crippen MR) is 128 cm³/mol. The van der Waals surface area contributed by atoms with Gasteiger partial charge in [-0.3, -0.25) is 9.69 Å². The average molecular weight is 451 g/mol. The smallest absolute Gasteiger partial charge is 0.257 e. The standard InChI is InChI=1S/C24H26N4O3S/c1-16-14-27(9-10-28(16)32(2,30)31)15-17-7-8-22-19(11-17)13-23(25-22)20-12-18-5-3-4-6-21(18)26-24(20)29/h3-8,11-13,16,25H,9-10,14-15H2,1-2H3,(H,26,29)/t16-/m0/s1. The number of hydrogen-bond acceptors (Lipinski definition) is 4. The highest BCUT2D eigenvalue weighted by Crippen LogP contribution is 2.25. The Hall–Kier alpha value is -2.94. The van der Waals surface area contributed by atoms with Gasteiger partial charge in [0.25, 0.3) is 5.56 Å². The molecule has 4 aromatic rings. The summed E-state index contributed by atoms with van der Waals surface area (Å²) in [6, 6.07) is 17.9. The second-order valence-electron chi connectivity index (χ2n) is 8.66. The largest absolute Gasteiger partial charge is 0.354 e. The molecular formula is C24H26N4O3S. The molecular weight excluding hydrogens is 424 g/mol. The zero-order valence-electron chi connectivity index (χ0n) is 18.1. The van der Waals surface area contributed by atoms with E-state index in [0.29, 0.717) is 25.2 Å². The maximum atomic E-state index is 12.6. The number of benzene rings is 2. The van der Waals surface area contributed by atoms with Crippen molar-refractivity contribution >= 4 is 31.8 Å². The van der Waals surface area contributed by atoms with Crippen molar-refractivity contribution < 1.29 is 8.42 Å². The van der Waals surface area contributed by atoms with Crippen LogP contribution >= 0.6 is 0 Å². The molecule has 1 aliphatic rings. The fourth-order valence-electron chi connectivity index (χ4n) is 4.68. The second kappa shape index (κ2) is 7.88. The summed E-state index contributed by atoms with van der Waals surface area (Å²) in [6.45, 7) is 4.64. The van der Waals surface area contributed by atoms with Crippen LogP contribution in [0, 0.1) is 0 Å². The highest BCUT2D eigenvalue weighted by Gasteiger charge is 2.29. The Kier molecular flexibility index (Phi) is 5.16. The third-order valence-electron chi connectivity index (χ3n) is 6.21. The molecule has 0 aliphatic carbocycles. The number of fused-ring (bicyclic) bond motifs is 2. The first kappa shape index (κ1) is 20.9. The fourth-order valence-corrected chi connectivity index (χ4v) is 5.82. The summed E-state index contributed by atoms with van der Waals surface area (Å²) < 4.78 is 25.4. The fraction of sp³-hybridized carbons (Fsp3) is 0.292. The van der Waals surface area contributed by atoms with Gasteiger partial charge < -0.3 is 9.97 Å². The number of rotatable bonds is 4. The number of pyridine rings is 1. The molecule has 7 nitrogen and oxygen atoms in total. The summed E-state index contributed by atoms with van der Waals surface area (Å²) >= 11 is 0. The van der Waals surface area contributed by atoms with Crippen molar-refractivity contribution in [2.45, 2.75) is 19.5 Å². The van der Waals surface area contributed by atoms with Gasteiger partial charge in [0.15, 0.2) is 0 Å². The molecule has 0 bridgehead atoms. The normalized spacial score (nSPS) is 18.5. The molecule has 8 heteroatoms. The number of aromatic nitrogens is 2. The van der Waals surface area contributed by atoms with E-state index in [4.69, 9.17) is 0 Å². The molecule has 166 valence electrons. The van der Waals surface area contributed by atoms with E-state index in [-0.39, 0.29) is 11.6 Å².